The molecule has 1 heterocycles. The molecule has 6 N–H and O–H groups in total. The first kappa shape index (κ1) is 79.9. The molecule has 11 nitrogen and oxygen atoms in total. The lowest BCUT2D eigenvalue weighted by molar-refractivity contribution is -0.305. The Hall–Kier alpha value is -2.12. The Kier molecular flexibility index (Phi) is 58.1. The zero-order valence-electron chi connectivity index (χ0n) is 55.0. The lowest BCUT2D eigenvalue weighted by Gasteiger charge is -2.41. The van der Waals surface area contributed by atoms with E-state index < -0.39 is 67.4 Å². The van der Waals surface area contributed by atoms with Crippen LogP contribution in [0.4, 0.5) is 0 Å². The van der Waals surface area contributed by atoms with Crippen molar-refractivity contribution >= 4 is 11.9 Å². The summed E-state index contributed by atoms with van der Waals surface area (Å²) in [5.74, 6) is -1.18. The van der Waals surface area contributed by atoms with Crippen LogP contribution in [0.15, 0.2) is 36.5 Å². The van der Waals surface area contributed by atoms with Crippen LogP contribution < -0.4 is 5.32 Å². The third-order valence-electron chi connectivity index (χ3n) is 17.3. The van der Waals surface area contributed by atoms with E-state index in [1.165, 1.54) is 244 Å². The van der Waals surface area contributed by atoms with Crippen LogP contribution >= 0.6 is 0 Å². The molecule has 11 heteroatoms. The normalized spacial score (nSPS) is 18.6. The molecule has 0 aliphatic carbocycles. The van der Waals surface area contributed by atoms with Gasteiger partial charge in [0.25, 0.3) is 0 Å². The molecule has 1 saturated heterocycles. The molecule has 8 atom stereocenters. The van der Waals surface area contributed by atoms with Gasteiger partial charge in [-0.2, -0.15) is 0 Å². The van der Waals surface area contributed by atoms with Crippen LogP contribution in [0, 0.1) is 0 Å². The minimum Gasteiger partial charge on any atom is -0.454 e. The maximum Gasteiger partial charge on any atom is 0.306 e. The lowest BCUT2D eigenvalue weighted by atomic mass is 9.99. The van der Waals surface area contributed by atoms with Crippen LogP contribution in [0.3, 0.4) is 0 Å². The highest BCUT2D eigenvalue weighted by atomic mass is 16.7. The van der Waals surface area contributed by atoms with Gasteiger partial charge >= 0.3 is 5.97 Å². The van der Waals surface area contributed by atoms with E-state index in [1.807, 2.05) is 6.08 Å². The summed E-state index contributed by atoms with van der Waals surface area (Å²) in [6.45, 7) is 5.82. The largest absolute Gasteiger partial charge is 0.454 e. The first-order valence-electron chi connectivity index (χ1n) is 36.3. The molecule has 0 bridgehead atoms. The maximum absolute atomic E-state index is 13.5. The summed E-state index contributed by atoms with van der Waals surface area (Å²) in [5, 5.41) is 57.3. The van der Waals surface area contributed by atoms with Crippen LogP contribution in [0.1, 0.15) is 355 Å². The molecule has 0 aromatic rings. The first-order chi connectivity index (χ1) is 41.2. The van der Waals surface area contributed by atoms with E-state index in [-0.39, 0.29) is 13.0 Å². The smallest absolute Gasteiger partial charge is 0.306 e. The fourth-order valence-corrected chi connectivity index (χ4v) is 11.6. The molecule has 0 radical (unpaired) electrons. The molecule has 8 unspecified atom stereocenters. The van der Waals surface area contributed by atoms with Gasteiger partial charge in [-0.15, -0.1) is 0 Å². The second-order valence-corrected chi connectivity index (χ2v) is 25.3. The van der Waals surface area contributed by atoms with Gasteiger partial charge in [0, 0.05) is 6.42 Å². The molecule has 1 aliphatic rings. The lowest BCUT2D eigenvalue weighted by Crippen LogP contribution is -2.61. The average Bonchev–Trinajstić information content (AvgIpc) is 3.55. The Morgan fingerprint density at radius 2 is 0.821 bits per heavy atom. The van der Waals surface area contributed by atoms with Gasteiger partial charge < -0.3 is 45.1 Å². The number of rotatable bonds is 63. The number of carbonyl (C=O) groups excluding carboxylic acids is 2. The Morgan fingerprint density at radius 3 is 1.24 bits per heavy atom. The molecule has 0 saturated carbocycles. The molecule has 494 valence electrons. The molecule has 84 heavy (non-hydrogen) atoms. The molecule has 1 rings (SSSR count). The number of ether oxygens (including phenoxy) is 3. The number of allylic oxidation sites excluding steroid dienone is 5. The molecule has 1 fully saturated rings. The number of amides is 1. The molecule has 0 aromatic heterocycles. The summed E-state index contributed by atoms with van der Waals surface area (Å²) in [6.07, 6.45) is 64.7. The zero-order chi connectivity index (χ0) is 61.0. The molecular weight excluding hydrogens is 1050 g/mol. The van der Waals surface area contributed by atoms with Gasteiger partial charge in [-0.1, -0.05) is 327 Å². The van der Waals surface area contributed by atoms with Crippen molar-refractivity contribution in [3.8, 4) is 0 Å². The second-order valence-electron chi connectivity index (χ2n) is 25.3. The Labute approximate surface area is 517 Å². The van der Waals surface area contributed by atoms with Crippen molar-refractivity contribution in [1.29, 1.82) is 0 Å². The van der Waals surface area contributed by atoms with Crippen molar-refractivity contribution < 1.29 is 49.3 Å². The maximum atomic E-state index is 13.5. The third-order valence-corrected chi connectivity index (χ3v) is 17.3. The van der Waals surface area contributed by atoms with Gasteiger partial charge in [0.1, 0.15) is 24.4 Å². The topological polar surface area (TPSA) is 175 Å². The second kappa shape index (κ2) is 61.1. The van der Waals surface area contributed by atoms with Gasteiger partial charge in [-0.3, -0.25) is 9.59 Å². The van der Waals surface area contributed by atoms with E-state index in [2.05, 4.69) is 50.4 Å². The predicted molar refractivity (Wildman–Crippen MR) is 352 cm³/mol. The molecular formula is C73H137NO10. The Balaban J connectivity index is 2.56. The fraction of sp³-hybridized carbons (Fsp3) is 0.890. The summed E-state index contributed by atoms with van der Waals surface area (Å²) in [4.78, 5) is 26.7. The van der Waals surface area contributed by atoms with Crippen LogP contribution in [0.5, 0.6) is 0 Å². The summed E-state index contributed by atoms with van der Waals surface area (Å²) < 4.78 is 17.7. The van der Waals surface area contributed by atoms with Crippen LogP contribution in [-0.2, 0) is 23.8 Å². The average molecular weight is 1190 g/mol. The molecule has 0 spiro atoms. The number of carbonyl (C=O) groups is 2. The van der Waals surface area contributed by atoms with Gasteiger partial charge in [-0.25, -0.2) is 0 Å². The van der Waals surface area contributed by atoms with Gasteiger partial charge in [0.05, 0.1) is 25.4 Å². The molecule has 0 aromatic carbocycles. The van der Waals surface area contributed by atoms with Crippen molar-refractivity contribution in [2.75, 3.05) is 13.2 Å². The quantitative estimate of drug-likeness (QED) is 0.0195. The van der Waals surface area contributed by atoms with Gasteiger partial charge in [0.15, 0.2) is 12.4 Å². The first-order valence-corrected chi connectivity index (χ1v) is 36.3. The van der Waals surface area contributed by atoms with E-state index in [0.29, 0.717) is 19.3 Å². The third kappa shape index (κ3) is 47.9. The van der Waals surface area contributed by atoms with E-state index in [0.717, 1.165) is 64.2 Å². The monoisotopic (exact) mass is 1190 g/mol. The SMILES string of the molecule is CCCCC/C=C\C/C=C\CCCCCCCCCCCCCCC(O)C(=O)NC(COC1OC(CO)C(O)C(O)C1OC(=O)CCCCCCCCCCCCCCCCCCCCCCC)C(O)/C=C/CCCCCCCCCCCC. The molecule has 1 amide bonds. The van der Waals surface area contributed by atoms with Crippen LogP contribution in [0.25, 0.3) is 0 Å². The van der Waals surface area contributed by atoms with E-state index in [1.54, 1.807) is 6.08 Å². The predicted octanol–water partition coefficient (Wildman–Crippen LogP) is 18.6. The van der Waals surface area contributed by atoms with E-state index >= 15 is 0 Å². The van der Waals surface area contributed by atoms with Gasteiger partial charge in [0.2, 0.25) is 5.91 Å². The highest BCUT2D eigenvalue weighted by Gasteiger charge is 2.47. The Morgan fingerprint density at radius 1 is 0.464 bits per heavy atom. The van der Waals surface area contributed by atoms with Crippen molar-refractivity contribution in [3.05, 3.63) is 36.5 Å². The number of hydrogen-bond acceptors (Lipinski definition) is 10. The van der Waals surface area contributed by atoms with Gasteiger partial charge in [-0.05, 0) is 57.8 Å². The van der Waals surface area contributed by atoms with E-state index in [9.17, 15) is 35.1 Å². The Bertz CT molecular complexity index is 1510. The number of aliphatic hydroxyl groups excluding tert-OH is 5. The van der Waals surface area contributed by atoms with Crippen molar-refractivity contribution in [3.63, 3.8) is 0 Å². The van der Waals surface area contributed by atoms with Crippen molar-refractivity contribution in [2.45, 2.75) is 404 Å². The number of unbranched alkanes of at least 4 members (excludes halogenated alkanes) is 45. The number of esters is 1. The highest BCUT2D eigenvalue weighted by molar-refractivity contribution is 5.80. The number of aliphatic hydroxyl groups is 5. The zero-order valence-corrected chi connectivity index (χ0v) is 55.0. The highest BCUT2D eigenvalue weighted by Crippen LogP contribution is 2.26. The van der Waals surface area contributed by atoms with Crippen LogP contribution in [-0.4, -0.2) is 99.6 Å². The van der Waals surface area contributed by atoms with Crippen molar-refractivity contribution in [1.82, 2.24) is 5.32 Å². The summed E-state index contributed by atoms with van der Waals surface area (Å²) in [6, 6.07) is -1.02. The summed E-state index contributed by atoms with van der Waals surface area (Å²) in [5.41, 5.74) is 0. The molecule has 1 aliphatic heterocycles. The summed E-state index contributed by atoms with van der Waals surface area (Å²) in [7, 11) is 0. The minimum absolute atomic E-state index is 0.130. The standard InChI is InChI=1S/C73H137NO10/c1-4-7-10-13-16-19-22-25-27-29-31-33-35-36-38-40-42-45-48-51-54-57-60-66(77)72(81)74-64(65(76)59-56-53-50-47-44-24-21-18-15-12-9-6-3)63-82-73-71(70(80)69(79)67(62-75)83-73)84-68(78)61-58-55-52-49-46-43-41-39-37-34-32-30-28-26-23-20-17-14-11-8-5-2/h16,19,25,27,56,59,64-67,69-71,73,75-77,79-80H,4-15,17-18,20-24,26,28-55,57-58,60-63H2,1-3H3,(H,74,81)/b19-16-,27-25-,59-56+. The van der Waals surface area contributed by atoms with E-state index in [4.69, 9.17) is 14.2 Å². The number of hydrogen-bond donors (Lipinski definition) is 6. The summed E-state index contributed by atoms with van der Waals surface area (Å²) >= 11 is 0. The van der Waals surface area contributed by atoms with Crippen LogP contribution in [0.2, 0.25) is 0 Å². The van der Waals surface area contributed by atoms with Crippen molar-refractivity contribution in [2.24, 2.45) is 0 Å². The fourth-order valence-electron chi connectivity index (χ4n) is 11.6. The number of nitrogens with one attached hydrogen (secondary N) is 1. The minimum atomic E-state index is -1.61.